The molecule has 1 N–H and O–H groups in total. The third-order valence-corrected chi connectivity index (χ3v) is 5.77. The van der Waals surface area contributed by atoms with E-state index in [1.807, 2.05) is 19.1 Å². The SMILES string of the molecule is Cc1ncc(NC(=O)c2ccnc(C(C)(F)F)c2)cc1-c1cc(N2CCOCC2)n2nccc2n1. The number of nitrogens with zero attached hydrogens (tertiary/aromatic N) is 6. The van der Waals surface area contributed by atoms with Gasteiger partial charge in [0.1, 0.15) is 11.5 Å². The Bertz CT molecular complexity index is 1390. The van der Waals surface area contributed by atoms with Crippen molar-refractivity contribution >= 4 is 23.1 Å². The summed E-state index contributed by atoms with van der Waals surface area (Å²) in [6.07, 6.45) is 4.41. The minimum Gasteiger partial charge on any atom is -0.378 e. The molecule has 35 heavy (non-hydrogen) atoms. The summed E-state index contributed by atoms with van der Waals surface area (Å²) in [5, 5.41) is 7.14. The lowest BCUT2D eigenvalue weighted by Crippen LogP contribution is -2.37. The number of fused-ring (bicyclic) bond motifs is 1. The fourth-order valence-electron chi connectivity index (χ4n) is 3.93. The first kappa shape index (κ1) is 22.8. The molecule has 5 rings (SSSR count). The van der Waals surface area contributed by atoms with E-state index in [2.05, 4.69) is 25.3 Å². The van der Waals surface area contributed by atoms with Gasteiger partial charge in [-0.1, -0.05) is 0 Å². The van der Waals surface area contributed by atoms with Crippen LogP contribution in [0, 0.1) is 6.92 Å². The zero-order valence-corrected chi connectivity index (χ0v) is 19.2. The molecule has 11 heteroatoms. The number of hydrogen-bond donors (Lipinski definition) is 1. The van der Waals surface area contributed by atoms with Crippen LogP contribution in [0.3, 0.4) is 0 Å². The highest BCUT2D eigenvalue weighted by atomic mass is 19.3. The molecule has 0 aromatic carbocycles. The first-order valence-electron chi connectivity index (χ1n) is 11.1. The summed E-state index contributed by atoms with van der Waals surface area (Å²) in [7, 11) is 0. The number of alkyl halides is 2. The quantitative estimate of drug-likeness (QED) is 0.466. The molecule has 1 amide bonds. The van der Waals surface area contributed by atoms with Gasteiger partial charge in [0, 0.05) is 55.2 Å². The average Bonchev–Trinajstić information content (AvgIpc) is 3.33. The zero-order valence-electron chi connectivity index (χ0n) is 19.2. The molecule has 180 valence electrons. The molecule has 0 saturated carbocycles. The van der Waals surface area contributed by atoms with E-state index in [1.54, 1.807) is 16.8 Å². The van der Waals surface area contributed by atoms with E-state index in [4.69, 9.17) is 9.72 Å². The molecular weight excluding hydrogens is 456 g/mol. The van der Waals surface area contributed by atoms with Crippen molar-refractivity contribution in [3.63, 3.8) is 0 Å². The lowest BCUT2D eigenvalue weighted by molar-refractivity contribution is 0.0127. The van der Waals surface area contributed by atoms with Gasteiger partial charge >= 0.3 is 0 Å². The monoisotopic (exact) mass is 479 g/mol. The maximum absolute atomic E-state index is 13.6. The molecule has 0 aliphatic carbocycles. The maximum atomic E-state index is 13.6. The predicted octanol–water partition coefficient (Wildman–Crippen LogP) is 3.70. The smallest absolute Gasteiger partial charge is 0.286 e. The van der Waals surface area contributed by atoms with Crippen LogP contribution in [0.15, 0.2) is 48.9 Å². The van der Waals surface area contributed by atoms with Crippen molar-refractivity contribution in [1.82, 2.24) is 24.6 Å². The molecule has 4 aromatic heterocycles. The van der Waals surface area contributed by atoms with Crippen molar-refractivity contribution in [1.29, 1.82) is 0 Å². The average molecular weight is 479 g/mol. The van der Waals surface area contributed by atoms with Gasteiger partial charge in [0.2, 0.25) is 0 Å². The van der Waals surface area contributed by atoms with E-state index in [-0.39, 0.29) is 5.56 Å². The van der Waals surface area contributed by atoms with Gasteiger partial charge in [-0.3, -0.25) is 14.8 Å². The molecular formula is C24H23F2N7O2. The van der Waals surface area contributed by atoms with Crippen LogP contribution in [0.1, 0.15) is 28.7 Å². The number of amides is 1. The molecule has 9 nitrogen and oxygen atoms in total. The summed E-state index contributed by atoms with van der Waals surface area (Å²) in [5.41, 5.74) is 2.84. The van der Waals surface area contributed by atoms with E-state index in [1.165, 1.54) is 18.5 Å². The van der Waals surface area contributed by atoms with Gasteiger partial charge in [-0.15, -0.1) is 0 Å². The second-order valence-corrected chi connectivity index (χ2v) is 8.33. The van der Waals surface area contributed by atoms with Gasteiger partial charge in [0.05, 0.1) is 37.0 Å². The number of ether oxygens (including phenoxy) is 1. The molecule has 5 heterocycles. The van der Waals surface area contributed by atoms with Crippen molar-refractivity contribution in [3.05, 3.63) is 65.9 Å². The summed E-state index contributed by atoms with van der Waals surface area (Å²) in [5.74, 6) is -2.80. The van der Waals surface area contributed by atoms with Gasteiger partial charge < -0.3 is 15.0 Å². The molecule has 0 bridgehead atoms. The molecule has 1 aliphatic heterocycles. The lowest BCUT2D eigenvalue weighted by Gasteiger charge is -2.29. The van der Waals surface area contributed by atoms with Crippen LogP contribution in [-0.2, 0) is 10.7 Å². The minimum absolute atomic E-state index is 0.0760. The van der Waals surface area contributed by atoms with Crippen LogP contribution in [0.5, 0.6) is 0 Å². The summed E-state index contributed by atoms with van der Waals surface area (Å²) in [6, 6.07) is 8.01. The van der Waals surface area contributed by atoms with Crippen LogP contribution in [-0.4, -0.2) is 56.8 Å². The first-order chi connectivity index (χ1) is 16.8. The Morgan fingerprint density at radius 3 is 2.69 bits per heavy atom. The van der Waals surface area contributed by atoms with E-state index in [9.17, 15) is 13.6 Å². The Kier molecular flexibility index (Phi) is 5.85. The van der Waals surface area contributed by atoms with Crippen LogP contribution in [0.25, 0.3) is 16.9 Å². The number of aromatic nitrogens is 5. The molecule has 0 radical (unpaired) electrons. The number of halogens is 2. The number of morpholine rings is 1. The normalized spacial score (nSPS) is 14.3. The molecule has 0 spiro atoms. The Balaban J connectivity index is 1.48. The number of rotatable bonds is 5. The number of carbonyl (C=O) groups is 1. The lowest BCUT2D eigenvalue weighted by atomic mass is 10.1. The summed E-state index contributed by atoms with van der Waals surface area (Å²) < 4.78 is 34.5. The predicted molar refractivity (Wildman–Crippen MR) is 126 cm³/mol. The molecule has 1 fully saturated rings. The highest BCUT2D eigenvalue weighted by molar-refractivity contribution is 6.04. The third-order valence-electron chi connectivity index (χ3n) is 5.77. The van der Waals surface area contributed by atoms with E-state index in [0.717, 1.165) is 43.2 Å². The number of carbonyl (C=O) groups excluding carboxylic acids is 1. The Hall–Kier alpha value is -3.99. The Morgan fingerprint density at radius 2 is 1.91 bits per heavy atom. The highest BCUT2D eigenvalue weighted by Gasteiger charge is 2.27. The summed E-state index contributed by atoms with van der Waals surface area (Å²) in [4.78, 5) is 27.8. The van der Waals surface area contributed by atoms with Crippen molar-refractivity contribution in [2.45, 2.75) is 19.8 Å². The third kappa shape index (κ3) is 4.67. The van der Waals surface area contributed by atoms with Crippen LogP contribution >= 0.6 is 0 Å². The topological polar surface area (TPSA) is 97.5 Å². The highest BCUT2D eigenvalue weighted by Crippen LogP contribution is 2.29. The van der Waals surface area contributed by atoms with Crippen LogP contribution < -0.4 is 10.2 Å². The summed E-state index contributed by atoms with van der Waals surface area (Å²) >= 11 is 0. The van der Waals surface area contributed by atoms with Crippen molar-refractivity contribution in [3.8, 4) is 11.3 Å². The number of aryl methyl sites for hydroxylation is 1. The van der Waals surface area contributed by atoms with Crippen molar-refractivity contribution < 1.29 is 18.3 Å². The number of hydrogen-bond acceptors (Lipinski definition) is 7. The van der Waals surface area contributed by atoms with Gasteiger partial charge in [0.25, 0.3) is 11.8 Å². The Morgan fingerprint density at radius 1 is 1.11 bits per heavy atom. The van der Waals surface area contributed by atoms with Crippen LogP contribution in [0.4, 0.5) is 20.3 Å². The van der Waals surface area contributed by atoms with Crippen LogP contribution in [0.2, 0.25) is 0 Å². The molecule has 1 saturated heterocycles. The van der Waals surface area contributed by atoms with Gasteiger partial charge in [0.15, 0.2) is 5.65 Å². The first-order valence-corrected chi connectivity index (χ1v) is 11.1. The Labute approximate surface area is 199 Å². The zero-order chi connectivity index (χ0) is 24.6. The van der Waals surface area contributed by atoms with E-state index < -0.39 is 17.5 Å². The molecule has 0 atom stereocenters. The number of pyridine rings is 2. The molecule has 0 unspecified atom stereocenters. The van der Waals surface area contributed by atoms with Crippen molar-refractivity contribution in [2.24, 2.45) is 0 Å². The second-order valence-electron chi connectivity index (χ2n) is 8.33. The van der Waals surface area contributed by atoms with Crippen molar-refractivity contribution in [2.75, 3.05) is 36.5 Å². The fraction of sp³-hybridized carbons (Fsp3) is 0.292. The van der Waals surface area contributed by atoms with E-state index in [0.29, 0.717) is 30.2 Å². The second kappa shape index (κ2) is 8.99. The molecule has 1 aliphatic rings. The molecule has 4 aromatic rings. The van der Waals surface area contributed by atoms with Gasteiger partial charge in [-0.2, -0.15) is 18.4 Å². The van der Waals surface area contributed by atoms with E-state index >= 15 is 0 Å². The number of nitrogens with one attached hydrogen (secondary N) is 1. The standard InChI is InChI=1S/C24H23F2N7O2/c1-15-18(19-13-22(32-7-9-35-10-8-32)33-21(31-19)4-6-29-33)12-17(14-28-15)30-23(34)16-3-5-27-20(11-16)24(2,25)26/h3-6,11-14H,7-10H2,1-2H3,(H,30,34). The summed E-state index contributed by atoms with van der Waals surface area (Å²) in [6.45, 7) is 5.32. The number of anilines is 2. The largest absolute Gasteiger partial charge is 0.378 e. The van der Waals surface area contributed by atoms with Gasteiger partial charge in [-0.25, -0.2) is 4.98 Å². The maximum Gasteiger partial charge on any atom is 0.286 e. The minimum atomic E-state index is -3.15. The fourth-order valence-corrected chi connectivity index (χ4v) is 3.93. The van der Waals surface area contributed by atoms with Gasteiger partial charge in [-0.05, 0) is 25.1 Å².